The van der Waals surface area contributed by atoms with E-state index >= 15 is 0 Å². The van der Waals surface area contributed by atoms with Crippen LogP contribution in [0.15, 0.2) is 6.20 Å². The molecule has 0 amide bonds. The van der Waals surface area contributed by atoms with Gasteiger partial charge in [-0.15, -0.1) is 0 Å². The van der Waals surface area contributed by atoms with Crippen molar-refractivity contribution >= 4 is 11.8 Å². The molecule has 1 aromatic heterocycles. The zero-order chi connectivity index (χ0) is 11.5. The highest BCUT2D eigenvalue weighted by molar-refractivity contribution is 5.39. The van der Waals surface area contributed by atoms with Crippen LogP contribution in [0.4, 0.5) is 16.2 Å². The van der Waals surface area contributed by atoms with E-state index in [0.717, 1.165) is 19.2 Å². The van der Waals surface area contributed by atoms with Gasteiger partial charge in [-0.25, -0.2) is 9.37 Å². The molecule has 0 bridgehead atoms. The number of halogens is 1. The lowest BCUT2D eigenvalue weighted by Gasteiger charge is -2.15. The highest BCUT2D eigenvalue weighted by Gasteiger charge is 2.24. The first-order valence-corrected chi connectivity index (χ1v) is 5.30. The summed E-state index contributed by atoms with van der Waals surface area (Å²) in [4.78, 5) is 7.36. The maximum Gasteiger partial charge on any atom is 0.222 e. The molecule has 1 fully saturated rings. The van der Waals surface area contributed by atoms with Crippen LogP contribution in [-0.4, -0.2) is 29.2 Å². The predicted octanol–water partition coefficient (Wildman–Crippen LogP) is 1.03. The first-order chi connectivity index (χ1) is 7.66. The number of nitrogens with one attached hydrogen (secondary N) is 1. The van der Waals surface area contributed by atoms with Crippen molar-refractivity contribution in [2.45, 2.75) is 19.4 Å². The highest BCUT2D eigenvalue weighted by atomic mass is 19.1. The van der Waals surface area contributed by atoms with Crippen molar-refractivity contribution in [1.29, 1.82) is 0 Å². The molecule has 0 aliphatic carbocycles. The summed E-state index contributed by atoms with van der Waals surface area (Å²) in [5.74, 6) is 0.127. The molecule has 0 spiro atoms. The molecular formula is C10H15FN4O. The minimum atomic E-state index is -0.485. The second-order valence-electron chi connectivity index (χ2n) is 3.93. The third-order valence-electron chi connectivity index (χ3n) is 2.83. The van der Waals surface area contributed by atoms with E-state index in [0.29, 0.717) is 12.5 Å². The van der Waals surface area contributed by atoms with Crippen LogP contribution in [0.2, 0.25) is 0 Å². The van der Waals surface area contributed by atoms with Crippen LogP contribution in [0.3, 0.4) is 0 Å². The molecule has 6 heteroatoms. The highest BCUT2D eigenvalue weighted by Crippen LogP contribution is 2.21. The molecule has 2 rings (SSSR count). The Hall–Kier alpha value is -1.43. The molecule has 2 unspecified atom stereocenters. The molecule has 0 aromatic carbocycles. The third kappa shape index (κ3) is 2.38. The molecular weight excluding hydrogens is 211 g/mol. The Bertz CT molecular complexity index is 374. The van der Waals surface area contributed by atoms with Gasteiger partial charge in [0.25, 0.3) is 0 Å². The summed E-state index contributed by atoms with van der Waals surface area (Å²) in [7, 11) is 0. The number of nitrogen functional groups attached to an aromatic ring is 1. The fourth-order valence-corrected chi connectivity index (χ4v) is 1.78. The second-order valence-corrected chi connectivity index (χ2v) is 3.93. The summed E-state index contributed by atoms with van der Waals surface area (Å²) < 4.78 is 18.7. The van der Waals surface area contributed by atoms with Crippen LogP contribution in [0.25, 0.3) is 0 Å². The van der Waals surface area contributed by atoms with Gasteiger partial charge in [0.2, 0.25) is 5.95 Å². The third-order valence-corrected chi connectivity index (χ3v) is 2.83. The van der Waals surface area contributed by atoms with E-state index in [2.05, 4.69) is 15.3 Å². The summed E-state index contributed by atoms with van der Waals surface area (Å²) in [6.07, 6.45) is 2.25. The van der Waals surface area contributed by atoms with Crippen molar-refractivity contribution in [3.05, 3.63) is 12.0 Å². The lowest BCUT2D eigenvalue weighted by molar-refractivity contribution is 0.108. The molecule has 5 nitrogen and oxygen atoms in total. The van der Waals surface area contributed by atoms with Crippen LogP contribution < -0.4 is 11.1 Å². The zero-order valence-electron chi connectivity index (χ0n) is 9.11. The molecule has 16 heavy (non-hydrogen) atoms. The Kier molecular flexibility index (Phi) is 3.19. The number of anilines is 2. The van der Waals surface area contributed by atoms with E-state index in [1.807, 2.05) is 6.92 Å². The van der Waals surface area contributed by atoms with Gasteiger partial charge >= 0.3 is 0 Å². The van der Waals surface area contributed by atoms with Gasteiger partial charge in [0.1, 0.15) is 0 Å². The molecule has 0 radical (unpaired) electrons. The molecule has 1 saturated heterocycles. The van der Waals surface area contributed by atoms with Gasteiger partial charge in [0.15, 0.2) is 11.6 Å². The van der Waals surface area contributed by atoms with E-state index < -0.39 is 5.82 Å². The van der Waals surface area contributed by atoms with Crippen molar-refractivity contribution in [3.63, 3.8) is 0 Å². The minimum absolute atomic E-state index is 0.0691. The van der Waals surface area contributed by atoms with Gasteiger partial charge in [0.05, 0.1) is 12.3 Å². The van der Waals surface area contributed by atoms with Crippen molar-refractivity contribution < 1.29 is 9.13 Å². The van der Waals surface area contributed by atoms with Crippen LogP contribution >= 0.6 is 0 Å². The summed E-state index contributed by atoms with van der Waals surface area (Å²) in [6, 6.07) is 0. The first-order valence-electron chi connectivity index (χ1n) is 5.30. The number of nitrogens with two attached hydrogens (primary N) is 1. The van der Waals surface area contributed by atoms with E-state index in [-0.39, 0.29) is 17.9 Å². The Balaban J connectivity index is 1.96. The summed E-state index contributed by atoms with van der Waals surface area (Å²) >= 11 is 0. The number of hydrogen-bond acceptors (Lipinski definition) is 5. The Morgan fingerprint density at radius 2 is 2.50 bits per heavy atom. The largest absolute Gasteiger partial charge is 0.378 e. The fourth-order valence-electron chi connectivity index (χ4n) is 1.78. The maximum absolute atomic E-state index is 13.3. The number of ether oxygens (including phenoxy) is 1. The van der Waals surface area contributed by atoms with E-state index in [9.17, 15) is 4.39 Å². The first kappa shape index (κ1) is 11.1. The average Bonchev–Trinajstić information content (AvgIpc) is 2.66. The smallest absolute Gasteiger partial charge is 0.222 e. The number of nitrogens with zero attached hydrogens (tertiary/aromatic N) is 2. The van der Waals surface area contributed by atoms with Crippen molar-refractivity contribution in [3.8, 4) is 0 Å². The van der Waals surface area contributed by atoms with E-state index in [4.69, 9.17) is 10.5 Å². The molecule has 1 aliphatic rings. The number of aromatic nitrogens is 2. The standard InChI is InChI=1S/C10H15FN4O/c1-6-7(2-3-16-6)4-13-9-8(11)5-14-10(12)15-9/h5-7H,2-4H2,1H3,(H3,12,13,14,15). The fraction of sp³-hybridized carbons (Fsp3) is 0.600. The van der Waals surface area contributed by atoms with Crippen molar-refractivity contribution in [2.75, 3.05) is 24.2 Å². The van der Waals surface area contributed by atoms with E-state index in [1.54, 1.807) is 0 Å². The molecule has 2 heterocycles. The minimum Gasteiger partial charge on any atom is -0.378 e. The summed E-state index contributed by atoms with van der Waals surface area (Å²) in [5.41, 5.74) is 5.38. The van der Waals surface area contributed by atoms with Crippen molar-refractivity contribution in [2.24, 2.45) is 5.92 Å². The average molecular weight is 226 g/mol. The van der Waals surface area contributed by atoms with Gasteiger partial charge < -0.3 is 15.8 Å². The van der Waals surface area contributed by atoms with Gasteiger partial charge in [0, 0.05) is 19.1 Å². The zero-order valence-corrected chi connectivity index (χ0v) is 9.11. The Labute approximate surface area is 93.2 Å². The summed E-state index contributed by atoms with van der Waals surface area (Å²) in [6.45, 7) is 3.42. The van der Waals surface area contributed by atoms with Gasteiger partial charge in [-0.1, -0.05) is 0 Å². The lowest BCUT2D eigenvalue weighted by Crippen LogP contribution is -2.21. The van der Waals surface area contributed by atoms with E-state index in [1.165, 1.54) is 0 Å². The molecule has 0 saturated carbocycles. The lowest BCUT2D eigenvalue weighted by atomic mass is 10.0. The van der Waals surface area contributed by atoms with Gasteiger partial charge in [-0.3, -0.25) is 0 Å². The molecule has 2 atom stereocenters. The normalized spacial score (nSPS) is 24.6. The van der Waals surface area contributed by atoms with Gasteiger partial charge in [-0.05, 0) is 13.3 Å². The predicted molar refractivity (Wildman–Crippen MR) is 58.4 cm³/mol. The molecule has 3 N–H and O–H groups in total. The SMILES string of the molecule is CC1OCCC1CNc1nc(N)ncc1F. The second kappa shape index (κ2) is 4.61. The molecule has 1 aromatic rings. The maximum atomic E-state index is 13.3. The van der Waals surface area contributed by atoms with Crippen LogP contribution in [-0.2, 0) is 4.74 Å². The van der Waals surface area contributed by atoms with Crippen LogP contribution in [0, 0.1) is 11.7 Å². The van der Waals surface area contributed by atoms with Crippen LogP contribution in [0.1, 0.15) is 13.3 Å². The molecule has 88 valence electrons. The van der Waals surface area contributed by atoms with Gasteiger partial charge in [-0.2, -0.15) is 4.98 Å². The van der Waals surface area contributed by atoms with Crippen molar-refractivity contribution in [1.82, 2.24) is 9.97 Å². The number of rotatable bonds is 3. The molecule has 1 aliphatic heterocycles. The summed E-state index contributed by atoms with van der Waals surface area (Å²) in [5, 5.41) is 2.94. The monoisotopic (exact) mass is 226 g/mol. The number of hydrogen-bond donors (Lipinski definition) is 2. The quantitative estimate of drug-likeness (QED) is 0.805. The van der Waals surface area contributed by atoms with Crippen LogP contribution in [0.5, 0.6) is 0 Å². The Morgan fingerprint density at radius 1 is 1.69 bits per heavy atom. The topological polar surface area (TPSA) is 73.1 Å². The Morgan fingerprint density at radius 3 is 3.19 bits per heavy atom.